The van der Waals surface area contributed by atoms with Gasteiger partial charge in [-0.05, 0) is 6.42 Å². The van der Waals surface area contributed by atoms with E-state index in [0.717, 1.165) is 6.42 Å². The first-order chi connectivity index (χ1) is 6.61. The summed E-state index contributed by atoms with van der Waals surface area (Å²) < 4.78 is 4.71. The molecule has 82 valence electrons. The molecule has 0 aliphatic carbocycles. The molecular formula is C9H17NO4. The number of hydrogen-bond donors (Lipinski definition) is 2. The van der Waals surface area contributed by atoms with Crippen LogP contribution in [0.1, 0.15) is 26.2 Å². The second kappa shape index (κ2) is 7.32. The molecule has 0 spiro atoms. The van der Waals surface area contributed by atoms with Gasteiger partial charge in [0, 0.05) is 13.5 Å². The highest BCUT2D eigenvalue weighted by atomic mass is 16.5. The first-order valence-corrected chi connectivity index (χ1v) is 4.63. The topological polar surface area (TPSA) is 75.6 Å². The molecule has 0 aromatic heterocycles. The van der Waals surface area contributed by atoms with Crippen LogP contribution in [0.3, 0.4) is 0 Å². The Morgan fingerprint density at radius 1 is 1.50 bits per heavy atom. The lowest BCUT2D eigenvalue weighted by atomic mass is 10.1. The largest absolute Gasteiger partial charge is 0.480 e. The summed E-state index contributed by atoms with van der Waals surface area (Å²) in [6, 6.07) is -0.774. The number of carbonyl (C=O) groups is 2. The summed E-state index contributed by atoms with van der Waals surface area (Å²) in [5, 5.41) is 11.2. The molecule has 0 radical (unpaired) electrons. The van der Waals surface area contributed by atoms with Crippen LogP contribution in [-0.2, 0) is 14.3 Å². The maximum absolute atomic E-state index is 11.1. The Bertz CT molecular complexity index is 193. The Balaban J connectivity index is 3.90. The number of amides is 1. The van der Waals surface area contributed by atoms with Gasteiger partial charge in [-0.25, -0.2) is 4.79 Å². The van der Waals surface area contributed by atoms with E-state index in [-0.39, 0.29) is 12.3 Å². The van der Waals surface area contributed by atoms with Crippen molar-refractivity contribution >= 4 is 11.9 Å². The van der Waals surface area contributed by atoms with Gasteiger partial charge in [-0.2, -0.15) is 0 Å². The highest BCUT2D eigenvalue weighted by Gasteiger charge is 2.17. The van der Waals surface area contributed by atoms with Gasteiger partial charge in [0.25, 0.3) is 0 Å². The van der Waals surface area contributed by atoms with Crippen LogP contribution in [0.5, 0.6) is 0 Å². The number of nitrogens with one attached hydrogen (secondary N) is 1. The Labute approximate surface area is 83.4 Å². The molecule has 0 rings (SSSR count). The molecule has 0 unspecified atom stereocenters. The Kier molecular flexibility index (Phi) is 6.74. The number of methoxy groups -OCH3 is 1. The van der Waals surface area contributed by atoms with Crippen molar-refractivity contribution in [2.24, 2.45) is 0 Å². The van der Waals surface area contributed by atoms with Crippen molar-refractivity contribution in [2.45, 2.75) is 32.2 Å². The van der Waals surface area contributed by atoms with E-state index in [4.69, 9.17) is 9.84 Å². The van der Waals surface area contributed by atoms with Crippen LogP contribution in [-0.4, -0.2) is 36.7 Å². The molecule has 0 saturated heterocycles. The molecule has 0 heterocycles. The van der Waals surface area contributed by atoms with Crippen molar-refractivity contribution in [1.29, 1.82) is 0 Å². The van der Waals surface area contributed by atoms with Gasteiger partial charge in [-0.15, -0.1) is 0 Å². The molecule has 1 amide bonds. The van der Waals surface area contributed by atoms with Gasteiger partial charge in [0.2, 0.25) is 5.91 Å². The summed E-state index contributed by atoms with van der Waals surface area (Å²) in [6.07, 6.45) is 1.37. The molecule has 0 bridgehead atoms. The lowest BCUT2D eigenvalue weighted by Crippen LogP contribution is -2.40. The summed E-state index contributed by atoms with van der Waals surface area (Å²) >= 11 is 0. The third kappa shape index (κ3) is 5.53. The molecule has 1 atom stereocenters. The van der Waals surface area contributed by atoms with E-state index in [1.54, 1.807) is 0 Å². The summed E-state index contributed by atoms with van der Waals surface area (Å²) in [5.74, 6) is -1.27. The smallest absolute Gasteiger partial charge is 0.326 e. The minimum atomic E-state index is -0.988. The van der Waals surface area contributed by atoms with Crippen LogP contribution in [0.2, 0.25) is 0 Å². The Morgan fingerprint density at radius 3 is 2.57 bits per heavy atom. The summed E-state index contributed by atoms with van der Waals surface area (Å²) in [5.41, 5.74) is 0. The highest BCUT2D eigenvalue weighted by molar-refractivity contribution is 5.83. The Morgan fingerprint density at radius 2 is 2.14 bits per heavy atom. The van der Waals surface area contributed by atoms with E-state index in [0.29, 0.717) is 13.0 Å². The van der Waals surface area contributed by atoms with Gasteiger partial charge < -0.3 is 15.2 Å². The standard InChI is InChI=1S/C9H17NO4/c1-3-4-7(9(12)13)10-8(11)5-6-14-2/h7H,3-6H2,1-2H3,(H,10,11)(H,12,13)/t7-/m0/s1. The Hall–Kier alpha value is -1.10. The second-order valence-electron chi connectivity index (χ2n) is 2.99. The lowest BCUT2D eigenvalue weighted by molar-refractivity contribution is -0.142. The number of aliphatic carboxylic acids is 1. The molecule has 14 heavy (non-hydrogen) atoms. The van der Waals surface area contributed by atoms with E-state index in [1.807, 2.05) is 6.92 Å². The minimum absolute atomic E-state index is 0.198. The number of carbonyl (C=O) groups excluding carboxylic acids is 1. The molecular weight excluding hydrogens is 186 g/mol. The third-order valence-corrected chi connectivity index (χ3v) is 1.74. The van der Waals surface area contributed by atoms with E-state index in [1.165, 1.54) is 7.11 Å². The fraction of sp³-hybridized carbons (Fsp3) is 0.778. The van der Waals surface area contributed by atoms with Crippen molar-refractivity contribution in [1.82, 2.24) is 5.32 Å². The second-order valence-corrected chi connectivity index (χ2v) is 2.99. The molecule has 0 aliphatic rings. The quantitative estimate of drug-likeness (QED) is 0.627. The van der Waals surface area contributed by atoms with Gasteiger partial charge in [-0.1, -0.05) is 13.3 Å². The fourth-order valence-corrected chi connectivity index (χ4v) is 1.01. The predicted molar refractivity (Wildman–Crippen MR) is 51.0 cm³/mol. The maximum Gasteiger partial charge on any atom is 0.326 e. The van der Waals surface area contributed by atoms with E-state index in [2.05, 4.69) is 5.32 Å². The molecule has 5 nitrogen and oxygen atoms in total. The zero-order chi connectivity index (χ0) is 11.0. The number of ether oxygens (including phenoxy) is 1. The summed E-state index contributed by atoms with van der Waals surface area (Å²) in [7, 11) is 1.49. The molecule has 0 aliphatic heterocycles. The van der Waals surface area contributed by atoms with Crippen molar-refractivity contribution in [3.05, 3.63) is 0 Å². The van der Waals surface area contributed by atoms with Gasteiger partial charge in [0.1, 0.15) is 6.04 Å². The monoisotopic (exact) mass is 203 g/mol. The van der Waals surface area contributed by atoms with Gasteiger partial charge >= 0.3 is 5.97 Å². The van der Waals surface area contributed by atoms with Crippen molar-refractivity contribution in [2.75, 3.05) is 13.7 Å². The molecule has 2 N–H and O–H groups in total. The van der Waals surface area contributed by atoms with Crippen LogP contribution in [0.4, 0.5) is 0 Å². The van der Waals surface area contributed by atoms with Crippen molar-refractivity contribution in [3.63, 3.8) is 0 Å². The normalized spacial score (nSPS) is 12.1. The highest BCUT2D eigenvalue weighted by Crippen LogP contribution is 1.97. The third-order valence-electron chi connectivity index (χ3n) is 1.74. The molecule has 0 aromatic carbocycles. The number of rotatable bonds is 7. The van der Waals surface area contributed by atoms with E-state index in [9.17, 15) is 9.59 Å². The zero-order valence-corrected chi connectivity index (χ0v) is 8.58. The van der Waals surface area contributed by atoms with Crippen LogP contribution in [0, 0.1) is 0 Å². The number of carboxylic acid groups (broad SMARTS) is 1. The van der Waals surface area contributed by atoms with E-state index < -0.39 is 12.0 Å². The van der Waals surface area contributed by atoms with Crippen LogP contribution in [0.25, 0.3) is 0 Å². The molecule has 0 saturated carbocycles. The van der Waals surface area contributed by atoms with E-state index >= 15 is 0 Å². The lowest BCUT2D eigenvalue weighted by Gasteiger charge is -2.12. The minimum Gasteiger partial charge on any atom is -0.480 e. The first-order valence-electron chi connectivity index (χ1n) is 4.63. The summed E-state index contributed by atoms with van der Waals surface area (Å²) in [4.78, 5) is 21.8. The summed E-state index contributed by atoms with van der Waals surface area (Å²) in [6.45, 7) is 2.18. The molecule has 5 heteroatoms. The van der Waals surface area contributed by atoms with Gasteiger partial charge in [-0.3, -0.25) is 4.79 Å². The van der Waals surface area contributed by atoms with Crippen LogP contribution in [0.15, 0.2) is 0 Å². The maximum atomic E-state index is 11.1. The number of carboxylic acids is 1. The number of hydrogen-bond acceptors (Lipinski definition) is 3. The first kappa shape index (κ1) is 12.9. The van der Waals surface area contributed by atoms with Crippen molar-refractivity contribution in [3.8, 4) is 0 Å². The van der Waals surface area contributed by atoms with Gasteiger partial charge in [0.05, 0.1) is 6.61 Å². The SMILES string of the molecule is CCC[C@H](NC(=O)CCOC)C(=O)O. The molecule has 0 fully saturated rings. The predicted octanol–water partition coefficient (Wildman–Crippen LogP) is 0.392. The zero-order valence-electron chi connectivity index (χ0n) is 8.58. The van der Waals surface area contributed by atoms with Crippen LogP contribution >= 0.6 is 0 Å². The van der Waals surface area contributed by atoms with Gasteiger partial charge in [0.15, 0.2) is 0 Å². The average molecular weight is 203 g/mol. The van der Waals surface area contributed by atoms with Crippen molar-refractivity contribution < 1.29 is 19.4 Å². The molecule has 0 aromatic rings. The fourth-order valence-electron chi connectivity index (χ4n) is 1.01. The van der Waals surface area contributed by atoms with Crippen LogP contribution < -0.4 is 5.32 Å². The average Bonchev–Trinajstić information content (AvgIpc) is 2.14.